The molecule has 0 spiro atoms. The minimum atomic E-state index is 0.598. The maximum absolute atomic E-state index is 2.72. The molecule has 0 aromatic heterocycles. The van der Waals surface area contributed by atoms with Crippen LogP contribution in [0.5, 0.6) is 0 Å². The summed E-state index contributed by atoms with van der Waals surface area (Å²) in [6.07, 6.45) is 5.83. The lowest BCUT2D eigenvalue weighted by Gasteiger charge is -2.66. The Morgan fingerprint density at radius 2 is 0.967 bits per heavy atom. The van der Waals surface area contributed by atoms with Gasteiger partial charge in [-0.15, -0.1) is 0 Å². The first-order valence-electron chi connectivity index (χ1n) is 13.0. The summed E-state index contributed by atoms with van der Waals surface area (Å²) in [4.78, 5) is 0. The number of hydrogen-bond acceptors (Lipinski definition) is 0. The molecule has 30 heavy (non-hydrogen) atoms. The number of quaternary nitrogens is 2. The van der Waals surface area contributed by atoms with E-state index in [0.717, 1.165) is 55.9 Å². The molecule has 0 amide bonds. The molecule has 6 aliphatic carbocycles. The summed E-state index contributed by atoms with van der Waals surface area (Å²) in [5.41, 5.74) is 1.20. The molecule has 170 valence electrons. The topological polar surface area (TPSA) is 0 Å². The fraction of sp³-hybridized carbons (Fsp3) is 1.00. The highest BCUT2D eigenvalue weighted by atomic mass is 15.3. The van der Waals surface area contributed by atoms with Crippen LogP contribution in [-0.2, 0) is 0 Å². The number of rotatable bonds is 7. The number of likely N-dealkylation sites (N-methyl/N-ethyl adjacent to an activating group) is 2. The second-order valence-electron chi connectivity index (χ2n) is 14.5. The van der Waals surface area contributed by atoms with Crippen LogP contribution in [0.4, 0.5) is 0 Å². The van der Waals surface area contributed by atoms with Crippen LogP contribution in [0.3, 0.4) is 0 Å². The van der Waals surface area contributed by atoms with Gasteiger partial charge in [-0.2, -0.15) is 11.6 Å². The van der Waals surface area contributed by atoms with Gasteiger partial charge in [0.1, 0.15) is 0 Å². The van der Waals surface area contributed by atoms with E-state index < -0.39 is 0 Å². The molecule has 6 rings (SSSR count). The third kappa shape index (κ3) is 3.85. The second kappa shape index (κ2) is 7.28. The third-order valence-corrected chi connectivity index (χ3v) is 11.3. The molecule has 0 saturated heterocycles. The number of fused-ring (bicyclic) bond motifs is 4. The Bertz CT molecular complexity index is 599. The van der Waals surface area contributed by atoms with Crippen molar-refractivity contribution < 1.29 is 8.79 Å². The highest BCUT2D eigenvalue weighted by molar-refractivity contribution is 6.29. The van der Waals surface area contributed by atoms with Gasteiger partial charge in [-0.25, -0.2) is 0 Å². The first kappa shape index (κ1) is 23.2. The summed E-state index contributed by atoms with van der Waals surface area (Å²) in [7, 11) is 15.2. The molecule has 0 heterocycles. The van der Waals surface area contributed by atoms with Crippen LogP contribution in [0.2, 0.25) is 11.6 Å². The largest absolute Gasteiger partial charge is 0.560 e. The Kier molecular flexibility index (Phi) is 5.63. The average molecular weight is 412 g/mol. The molecule has 6 saturated carbocycles. The predicted octanol–water partition coefficient (Wildman–Crippen LogP) is 5.36. The summed E-state index contributed by atoms with van der Waals surface area (Å²) in [5.74, 6) is 7.15. The van der Waals surface area contributed by atoms with Gasteiger partial charge in [0.25, 0.3) is 0 Å². The lowest BCUT2D eigenvalue weighted by atomic mass is 9.39. The van der Waals surface area contributed by atoms with Crippen molar-refractivity contribution in [3.63, 3.8) is 0 Å². The molecule has 2 nitrogen and oxygen atoms in total. The Labute approximate surface area is 190 Å². The molecule has 6 fully saturated rings. The maximum Gasteiger partial charge on any atom is 0.0794 e. The summed E-state index contributed by atoms with van der Waals surface area (Å²) in [6.45, 7) is 17.6. The lowest BCUT2D eigenvalue weighted by Crippen LogP contribution is -2.60. The summed E-state index contributed by atoms with van der Waals surface area (Å²) in [5, 5.41) is 0. The first-order valence-corrected chi connectivity index (χ1v) is 13.0. The molecule has 4 heteroatoms. The fourth-order valence-electron chi connectivity index (χ4n) is 8.47. The van der Waals surface area contributed by atoms with E-state index in [1.54, 1.807) is 0 Å². The van der Waals surface area contributed by atoms with Crippen molar-refractivity contribution >= 4 is 14.8 Å². The minimum absolute atomic E-state index is 0.598. The van der Waals surface area contributed by atoms with E-state index in [-0.39, 0.29) is 0 Å². The molecule has 0 aromatic carbocycles. The normalized spacial score (nSPS) is 44.2. The van der Waals surface area contributed by atoms with E-state index in [2.05, 4.69) is 84.6 Å². The van der Waals surface area contributed by atoms with Gasteiger partial charge < -0.3 is 8.79 Å². The Balaban J connectivity index is 1.28. The highest BCUT2D eigenvalue weighted by Crippen LogP contribution is 2.65. The first-order chi connectivity index (χ1) is 13.6. The standard InChI is InChI=1S/C26H50B2N2/c1-17-21-13-19(25(21,3)4)15-23(17)27-29(7,8)11-12-30(9,10)28-24-16-20-14-22(18(24)2)26(20,5)6/h17-24H,11-16H2,1-10H3/t17-,18-,19+,20+,21-,22-,23-,24-/m0/s1. The lowest BCUT2D eigenvalue weighted by molar-refractivity contribution is -0.841. The van der Waals surface area contributed by atoms with Gasteiger partial charge in [0.15, 0.2) is 0 Å². The molecule has 0 unspecified atom stereocenters. The average Bonchev–Trinajstić information content (AvgIpc) is 2.62. The molecule has 0 aliphatic heterocycles. The van der Waals surface area contributed by atoms with Gasteiger partial charge in [-0.3, -0.25) is 0 Å². The molecule has 4 radical (unpaired) electrons. The zero-order valence-electron chi connectivity index (χ0n) is 21.9. The van der Waals surface area contributed by atoms with Crippen LogP contribution in [-0.4, -0.2) is 64.9 Å². The molecule has 0 N–H and O–H groups in total. The van der Waals surface area contributed by atoms with E-state index in [9.17, 15) is 0 Å². The van der Waals surface area contributed by atoms with E-state index in [1.165, 1.54) is 38.8 Å². The fourth-order valence-corrected chi connectivity index (χ4v) is 8.47. The molecular formula is C26H50B2N2. The molecule has 4 bridgehead atoms. The van der Waals surface area contributed by atoms with Crippen molar-refractivity contribution in [1.29, 1.82) is 0 Å². The van der Waals surface area contributed by atoms with Crippen LogP contribution in [0, 0.1) is 46.3 Å². The van der Waals surface area contributed by atoms with E-state index >= 15 is 0 Å². The Morgan fingerprint density at radius 3 is 1.23 bits per heavy atom. The van der Waals surface area contributed by atoms with Crippen LogP contribution in [0.25, 0.3) is 0 Å². The monoisotopic (exact) mass is 412 g/mol. The SMILES string of the molecule is C[C@@H]1[C@@H]([B-][N+](C)(C)CC[N+](C)(C)[B-][C@H]2C[C@H]3C[C@@H]([C@@H]2C)C3(C)C)C[C@H]2C[C@@H]1C2(C)C. The molecule has 8 atom stereocenters. The molecule has 0 aromatic rings. The van der Waals surface area contributed by atoms with E-state index in [0.29, 0.717) is 10.8 Å². The van der Waals surface area contributed by atoms with Crippen molar-refractivity contribution in [2.75, 3.05) is 41.3 Å². The maximum atomic E-state index is 2.72. The van der Waals surface area contributed by atoms with Gasteiger partial charge in [0, 0.05) is 28.2 Å². The number of nitrogens with zero attached hydrogens (tertiary/aromatic N) is 2. The van der Waals surface area contributed by atoms with Gasteiger partial charge >= 0.3 is 0 Å². The van der Waals surface area contributed by atoms with Gasteiger partial charge in [-0.1, -0.05) is 66.2 Å². The second-order valence-corrected chi connectivity index (χ2v) is 14.5. The highest BCUT2D eigenvalue weighted by Gasteiger charge is 2.55. The van der Waals surface area contributed by atoms with Gasteiger partial charge in [0.05, 0.1) is 13.1 Å². The van der Waals surface area contributed by atoms with Crippen molar-refractivity contribution in [3.8, 4) is 0 Å². The Morgan fingerprint density at radius 1 is 0.633 bits per heavy atom. The van der Waals surface area contributed by atoms with Crippen molar-refractivity contribution in [3.05, 3.63) is 0 Å². The number of hydrogen-bond donors (Lipinski definition) is 0. The zero-order valence-corrected chi connectivity index (χ0v) is 21.9. The summed E-state index contributed by atoms with van der Waals surface area (Å²) < 4.78 is 2.14. The van der Waals surface area contributed by atoms with Gasteiger partial charge in [-0.05, 0) is 62.2 Å². The van der Waals surface area contributed by atoms with Crippen LogP contribution in [0.15, 0.2) is 0 Å². The predicted molar refractivity (Wildman–Crippen MR) is 131 cm³/mol. The summed E-state index contributed by atoms with van der Waals surface area (Å²) >= 11 is 0. The smallest absolute Gasteiger partial charge is 0.0794 e. The minimum Gasteiger partial charge on any atom is -0.560 e. The summed E-state index contributed by atoms with van der Waals surface area (Å²) in [6, 6.07) is 0. The van der Waals surface area contributed by atoms with E-state index in [4.69, 9.17) is 0 Å². The van der Waals surface area contributed by atoms with Gasteiger partial charge in [0.2, 0.25) is 0 Å². The third-order valence-electron chi connectivity index (χ3n) is 11.3. The quantitative estimate of drug-likeness (QED) is 0.494. The van der Waals surface area contributed by atoms with Crippen molar-refractivity contribution in [2.45, 2.75) is 78.9 Å². The zero-order chi connectivity index (χ0) is 22.3. The van der Waals surface area contributed by atoms with Crippen molar-refractivity contribution in [1.82, 2.24) is 0 Å². The molecular weight excluding hydrogens is 362 g/mol. The van der Waals surface area contributed by atoms with Crippen LogP contribution >= 0.6 is 0 Å². The Hall–Kier alpha value is 0.0499. The van der Waals surface area contributed by atoms with Crippen molar-refractivity contribution in [2.24, 2.45) is 46.3 Å². The molecule has 6 aliphatic rings. The van der Waals surface area contributed by atoms with Crippen LogP contribution in [0.1, 0.15) is 67.2 Å². The van der Waals surface area contributed by atoms with Crippen LogP contribution < -0.4 is 0 Å². The van der Waals surface area contributed by atoms with E-state index in [1.807, 2.05) is 0 Å².